The van der Waals surface area contributed by atoms with E-state index in [1.165, 1.54) is 19.8 Å². The Hall–Kier alpha value is -4.08. The van der Waals surface area contributed by atoms with Crippen molar-refractivity contribution in [3.63, 3.8) is 0 Å². The third-order valence-corrected chi connectivity index (χ3v) is 4.58. The van der Waals surface area contributed by atoms with Gasteiger partial charge in [-0.2, -0.15) is 0 Å². The molecule has 162 valence electrons. The Morgan fingerprint density at radius 2 is 1.81 bits per heavy atom. The van der Waals surface area contributed by atoms with Crippen LogP contribution in [0, 0.1) is 0 Å². The molecule has 0 spiro atoms. The monoisotopic (exact) mass is 424 g/mol. The van der Waals surface area contributed by atoms with Crippen LogP contribution in [0.1, 0.15) is 23.0 Å². The smallest absolute Gasteiger partial charge is 0.280 e. The number of carbonyl (C=O) groups is 2. The lowest BCUT2D eigenvalue weighted by atomic mass is 10.1. The van der Waals surface area contributed by atoms with Crippen molar-refractivity contribution in [1.82, 2.24) is 15.0 Å². The highest BCUT2D eigenvalue weighted by Gasteiger charge is 2.20. The SMILES string of the molecule is CCc1ccc(NC(=O)Cn2nnc(C(=O)Nc3ccc(OC)cc3OC)c2N)cc1. The maximum Gasteiger partial charge on any atom is 0.280 e. The molecule has 0 saturated heterocycles. The minimum Gasteiger partial charge on any atom is -0.497 e. The average Bonchev–Trinajstić information content (AvgIpc) is 3.14. The van der Waals surface area contributed by atoms with Crippen LogP contribution in [0.5, 0.6) is 11.5 Å². The van der Waals surface area contributed by atoms with Crippen LogP contribution in [-0.4, -0.2) is 41.0 Å². The predicted octanol–water partition coefficient (Wildman–Crippen LogP) is 2.33. The quantitative estimate of drug-likeness (QED) is 0.505. The number of rotatable bonds is 8. The lowest BCUT2D eigenvalue weighted by Gasteiger charge is -2.11. The Morgan fingerprint density at radius 3 is 2.45 bits per heavy atom. The number of methoxy groups -OCH3 is 2. The number of amides is 2. The summed E-state index contributed by atoms with van der Waals surface area (Å²) in [5, 5.41) is 13.1. The van der Waals surface area contributed by atoms with Crippen LogP contribution in [0.3, 0.4) is 0 Å². The normalized spacial score (nSPS) is 10.4. The molecule has 2 amide bonds. The van der Waals surface area contributed by atoms with Gasteiger partial charge in [0.05, 0.1) is 19.9 Å². The number of aromatic nitrogens is 3. The molecule has 10 nitrogen and oxygen atoms in total. The third-order valence-electron chi connectivity index (χ3n) is 4.58. The van der Waals surface area contributed by atoms with Gasteiger partial charge in [-0.1, -0.05) is 24.3 Å². The van der Waals surface area contributed by atoms with E-state index in [0.29, 0.717) is 22.9 Å². The zero-order valence-electron chi connectivity index (χ0n) is 17.5. The Balaban J connectivity index is 1.67. The summed E-state index contributed by atoms with van der Waals surface area (Å²) in [5.74, 6) is 0.0386. The molecule has 0 saturated carbocycles. The molecular weight excluding hydrogens is 400 g/mol. The van der Waals surface area contributed by atoms with Crippen molar-refractivity contribution < 1.29 is 19.1 Å². The van der Waals surface area contributed by atoms with Gasteiger partial charge in [-0.25, -0.2) is 4.68 Å². The lowest BCUT2D eigenvalue weighted by Crippen LogP contribution is -2.21. The first-order valence-corrected chi connectivity index (χ1v) is 9.56. The molecule has 0 unspecified atom stereocenters. The molecule has 1 heterocycles. The summed E-state index contributed by atoms with van der Waals surface area (Å²) in [6, 6.07) is 12.5. The summed E-state index contributed by atoms with van der Waals surface area (Å²) in [7, 11) is 3.01. The van der Waals surface area contributed by atoms with Gasteiger partial charge in [-0.3, -0.25) is 9.59 Å². The maximum atomic E-state index is 12.6. The van der Waals surface area contributed by atoms with Crippen LogP contribution in [-0.2, 0) is 17.8 Å². The van der Waals surface area contributed by atoms with Crippen molar-refractivity contribution in [2.24, 2.45) is 0 Å². The lowest BCUT2D eigenvalue weighted by molar-refractivity contribution is -0.116. The molecule has 0 aliphatic carbocycles. The molecule has 0 aliphatic heterocycles. The number of anilines is 3. The second-order valence-electron chi connectivity index (χ2n) is 6.60. The maximum absolute atomic E-state index is 12.6. The predicted molar refractivity (Wildman–Crippen MR) is 116 cm³/mol. The highest BCUT2D eigenvalue weighted by Crippen LogP contribution is 2.29. The van der Waals surface area contributed by atoms with Crippen molar-refractivity contribution in [1.29, 1.82) is 0 Å². The molecule has 0 aliphatic rings. The molecular formula is C21H24N6O4. The van der Waals surface area contributed by atoms with E-state index in [9.17, 15) is 9.59 Å². The Kier molecular flexibility index (Phi) is 6.71. The van der Waals surface area contributed by atoms with Crippen LogP contribution in [0.4, 0.5) is 17.2 Å². The first-order valence-electron chi connectivity index (χ1n) is 9.56. The molecule has 3 aromatic rings. The van der Waals surface area contributed by atoms with Gasteiger partial charge in [-0.05, 0) is 36.2 Å². The number of ether oxygens (including phenoxy) is 2. The molecule has 31 heavy (non-hydrogen) atoms. The highest BCUT2D eigenvalue weighted by atomic mass is 16.5. The van der Waals surface area contributed by atoms with Crippen LogP contribution in [0.15, 0.2) is 42.5 Å². The molecule has 0 radical (unpaired) electrons. The number of nitrogens with zero attached hydrogens (tertiary/aromatic N) is 3. The summed E-state index contributed by atoms with van der Waals surface area (Å²) < 4.78 is 11.6. The van der Waals surface area contributed by atoms with E-state index in [0.717, 1.165) is 11.1 Å². The second kappa shape index (κ2) is 9.61. The van der Waals surface area contributed by atoms with Gasteiger partial charge in [0.2, 0.25) is 5.91 Å². The fourth-order valence-electron chi connectivity index (χ4n) is 2.84. The van der Waals surface area contributed by atoms with E-state index in [2.05, 4.69) is 27.9 Å². The van der Waals surface area contributed by atoms with Crippen LogP contribution < -0.4 is 25.8 Å². The minimum atomic E-state index is -0.581. The van der Waals surface area contributed by atoms with Crippen molar-refractivity contribution >= 4 is 29.0 Å². The number of carbonyl (C=O) groups excluding carboxylic acids is 2. The zero-order chi connectivity index (χ0) is 22.4. The van der Waals surface area contributed by atoms with Gasteiger partial charge in [-0.15, -0.1) is 5.10 Å². The summed E-state index contributed by atoms with van der Waals surface area (Å²) in [5.41, 5.74) is 8.14. The van der Waals surface area contributed by atoms with Crippen molar-refractivity contribution in [3.05, 3.63) is 53.7 Å². The number of benzene rings is 2. The van der Waals surface area contributed by atoms with Gasteiger partial charge < -0.3 is 25.8 Å². The standard InChI is InChI=1S/C21H24N6O4/c1-4-13-5-7-14(8-6-13)23-18(28)12-27-20(22)19(25-26-27)21(29)24-16-10-9-15(30-2)11-17(16)31-3/h5-11H,4,12,22H2,1-3H3,(H,23,28)(H,24,29). The van der Waals surface area contributed by atoms with E-state index in [-0.39, 0.29) is 24.0 Å². The Bertz CT molecular complexity index is 1080. The third kappa shape index (κ3) is 5.10. The highest BCUT2D eigenvalue weighted by molar-refractivity contribution is 6.06. The van der Waals surface area contributed by atoms with Crippen LogP contribution in [0.2, 0.25) is 0 Å². The van der Waals surface area contributed by atoms with E-state index >= 15 is 0 Å². The average molecular weight is 424 g/mol. The van der Waals surface area contributed by atoms with E-state index in [1.54, 1.807) is 18.2 Å². The molecule has 0 atom stereocenters. The van der Waals surface area contributed by atoms with E-state index in [4.69, 9.17) is 15.2 Å². The summed E-state index contributed by atoms with van der Waals surface area (Å²) in [6.45, 7) is 1.87. The minimum absolute atomic E-state index is 0.0264. The number of hydrogen-bond acceptors (Lipinski definition) is 7. The fourth-order valence-corrected chi connectivity index (χ4v) is 2.84. The second-order valence-corrected chi connectivity index (χ2v) is 6.60. The number of aryl methyl sites for hydroxylation is 1. The fraction of sp³-hybridized carbons (Fsp3) is 0.238. The number of nitrogens with one attached hydrogen (secondary N) is 2. The van der Waals surface area contributed by atoms with Gasteiger partial charge in [0.15, 0.2) is 11.5 Å². The zero-order valence-corrected chi connectivity index (χ0v) is 17.5. The summed E-state index contributed by atoms with van der Waals surface area (Å²) >= 11 is 0. The van der Waals surface area contributed by atoms with E-state index < -0.39 is 5.91 Å². The van der Waals surface area contributed by atoms with Crippen LogP contribution in [0.25, 0.3) is 0 Å². The van der Waals surface area contributed by atoms with Gasteiger partial charge in [0, 0.05) is 11.8 Å². The molecule has 2 aromatic carbocycles. The molecule has 0 bridgehead atoms. The number of nitrogen functional groups attached to an aromatic ring is 1. The van der Waals surface area contributed by atoms with E-state index in [1.807, 2.05) is 24.3 Å². The topological polar surface area (TPSA) is 133 Å². The summed E-state index contributed by atoms with van der Waals surface area (Å²) in [4.78, 5) is 24.9. The molecule has 1 aromatic heterocycles. The van der Waals surface area contributed by atoms with Crippen molar-refractivity contribution in [3.8, 4) is 11.5 Å². The Labute approximate surface area is 179 Å². The number of hydrogen-bond donors (Lipinski definition) is 3. The largest absolute Gasteiger partial charge is 0.497 e. The van der Waals surface area contributed by atoms with Crippen molar-refractivity contribution in [2.45, 2.75) is 19.9 Å². The van der Waals surface area contributed by atoms with Gasteiger partial charge in [0.1, 0.15) is 18.0 Å². The molecule has 4 N–H and O–H groups in total. The molecule has 0 fully saturated rings. The van der Waals surface area contributed by atoms with Gasteiger partial charge >= 0.3 is 0 Å². The first kappa shape index (κ1) is 21.6. The van der Waals surface area contributed by atoms with Crippen molar-refractivity contribution in [2.75, 3.05) is 30.6 Å². The van der Waals surface area contributed by atoms with Crippen LogP contribution >= 0.6 is 0 Å². The molecule has 3 rings (SSSR count). The molecule has 10 heteroatoms. The first-order chi connectivity index (χ1) is 14.9. The number of nitrogens with two attached hydrogens (primary N) is 1. The van der Waals surface area contributed by atoms with Gasteiger partial charge in [0.25, 0.3) is 5.91 Å². The Morgan fingerprint density at radius 1 is 1.06 bits per heavy atom. The summed E-state index contributed by atoms with van der Waals surface area (Å²) in [6.07, 6.45) is 0.914.